The second-order valence-corrected chi connectivity index (χ2v) is 9.44. The Bertz CT molecular complexity index is 1070. The van der Waals surface area contributed by atoms with E-state index in [1.165, 1.54) is 11.1 Å². The molecule has 3 N–H and O–H groups in total. The molecular formula is C26H28N2O5. The Balaban J connectivity index is 1.17. The summed E-state index contributed by atoms with van der Waals surface area (Å²) in [5, 5.41) is 14.8. The van der Waals surface area contributed by atoms with E-state index in [0.717, 1.165) is 17.5 Å². The molecule has 0 aliphatic heterocycles. The van der Waals surface area contributed by atoms with Gasteiger partial charge in [0.25, 0.3) is 0 Å². The van der Waals surface area contributed by atoms with Crippen molar-refractivity contribution in [3.63, 3.8) is 0 Å². The van der Waals surface area contributed by atoms with E-state index in [4.69, 9.17) is 4.74 Å². The first-order valence-electron chi connectivity index (χ1n) is 11.6. The number of hydrogen-bond acceptors (Lipinski definition) is 4. The highest BCUT2D eigenvalue weighted by Crippen LogP contribution is 2.63. The minimum Gasteiger partial charge on any atom is -0.480 e. The topological polar surface area (TPSA) is 105 Å². The zero-order valence-corrected chi connectivity index (χ0v) is 18.5. The predicted octanol–water partition coefficient (Wildman–Crippen LogP) is 3.67. The van der Waals surface area contributed by atoms with Gasteiger partial charge in [0.2, 0.25) is 5.91 Å². The molecule has 3 aliphatic carbocycles. The lowest BCUT2D eigenvalue weighted by Crippen LogP contribution is -2.45. The third kappa shape index (κ3) is 3.75. The molecule has 3 aliphatic rings. The molecule has 2 amide bonds. The number of carbonyl (C=O) groups excluding carboxylic acids is 2. The maximum absolute atomic E-state index is 12.7. The van der Waals surface area contributed by atoms with Gasteiger partial charge in [-0.1, -0.05) is 55.5 Å². The highest BCUT2D eigenvalue weighted by molar-refractivity contribution is 5.90. The maximum Gasteiger partial charge on any atom is 0.407 e. The number of ether oxygens (including phenoxy) is 1. The highest BCUT2D eigenvalue weighted by Gasteiger charge is 2.65. The summed E-state index contributed by atoms with van der Waals surface area (Å²) >= 11 is 0. The molecule has 0 spiro atoms. The predicted molar refractivity (Wildman–Crippen MR) is 122 cm³/mol. The van der Waals surface area contributed by atoms with Crippen LogP contribution in [0.4, 0.5) is 4.79 Å². The second kappa shape index (κ2) is 8.21. The van der Waals surface area contributed by atoms with Gasteiger partial charge in [-0.25, -0.2) is 9.59 Å². The van der Waals surface area contributed by atoms with Crippen molar-refractivity contribution in [3.8, 4) is 11.1 Å². The lowest BCUT2D eigenvalue weighted by atomic mass is 9.98. The van der Waals surface area contributed by atoms with E-state index >= 15 is 0 Å². The van der Waals surface area contributed by atoms with Gasteiger partial charge in [0, 0.05) is 12.0 Å². The lowest BCUT2D eigenvalue weighted by molar-refractivity contribution is -0.142. The first kappa shape index (κ1) is 21.5. The van der Waals surface area contributed by atoms with Crippen molar-refractivity contribution in [3.05, 3.63) is 59.7 Å². The van der Waals surface area contributed by atoms with Gasteiger partial charge < -0.3 is 20.5 Å². The third-order valence-corrected chi connectivity index (χ3v) is 7.54. The first-order chi connectivity index (χ1) is 15.9. The van der Waals surface area contributed by atoms with Crippen LogP contribution in [0.1, 0.15) is 49.7 Å². The summed E-state index contributed by atoms with van der Waals surface area (Å²) in [6, 6.07) is 15.4. The number of amides is 2. The van der Waals surface area contributed by atoms with E-state index in [1.807, 2.05) is 24.3 Å². The second-order valence-electron chi connectivity index (χ2n) is 9.44. The zero-order valence-electron chi connectivity index (χ0n) is 18.5. The molecule has 4 atom stereocenters. The summed E-state index contributed by atoms with van der Waals surface area (Å²) in [5.41, 5.74) is 4.13. The fourth-order valence-corrected chi connectivity index (χ4v) is 5.73. The molecule has 2 aromatic carbocycles. The Kier molecular flexibility index (Phi) is 5.35. The van der Waals surface area contributed by atoms with Crippen LogP contribution in [0.2, 0.25) is 0 Å². The van der Waals surface area contributed by atoms with Crippen LogP contribution < -0.4 is 10.6 Å². The molecule has 0 heterocycles. The van der Waals surface area contributed by atoms with E-state index < -0.39 is 23.5 Å². The number of benzene rings is 2. The molecule has 0 aromatic heterocycles. The van der Waals surface area contributed by atoms with E-state index in [0.29, 0.717) is 19.3 Å². The molecule has 0 saturated heterocycles. The molecule has 0 radical (unpaired) electrons. The van der Waals surface area contributed by atoms with Gasteiger partial charge in [-0.15, -0.1) is 0 Å². The van der Waals surface area contributed by atoms with Crippen LogP contribution in [-0.4, -0.2) is 41.8 Å². The summed E-state index contributed by atoms with van der Waals surface area (Å²) < 4.78 is 5.63. The normalized spacial score (nSPS) is 25.4. The van der Waals surface area contributed by atoms with E-state index in [2.05, 4.69) is 34.9 Å². The van der Waals surface area contributed by atoms with Gasteiger partial charge in [-0.2, -0.15) is 0 Å². The number of nitrogens with one attached hydrogen (secondary N) is 2. The summed E-state index contributed by atoms with van der Waals surface area (Å²) in [6.45, 7) is 1.98. The number of fused-ring (bicyclic) bond motifs is 4. The molecule has 2 aromatic rings. The quantitative estimate of drug-likeness (QED) is 0.599. The van der Waals surface area contributed by atoms with Crippen LogP contribution in [0.25, 0.3) is 11.1 Å². The van der Waals surface area contributed by atoms with Gasteiger partial charge in [-0.3, -0.25) is 4.79 Å². The van der Waals surface area contributed by atoms with E-state index in [-0.39, 0.29) is 30.4 Å². The Morgan fingerprint density at radius 2 is 1.70 bits per heavy atom. The molecule has 5 rings (SSSR count). The van der Waals surface area contributed by atoms with E-state index in [1.54, 1.807) is 6.92 Å². The Morgan fingerprint density at radius 3 is 2.30 bits per heavy atom. The van der Waals surface area contributed by atoms with Gasteiger partial charge in [-0.05, 0) is 53.9 Å². The maximum atomic E-state index is 12.7. The summed E-state index contributed by atoms with van der Waals surface area (Å²) in [7, 11) is 0. The molecule has 2 saturated carbocycles. The van der Waals surface area contributed by atoms with Gasteiger partial charge in [0.1, 0.15) is 12.6 Å². The molecule has 7 nitrogen and oxygen atoms in total. The Morgan fingerprint density at radius 1 is 1.06 bits per heavy atom. The van der Waals surface area contributed by atoms with Crippen molar-refractivity contribution < 1.29 is 24.2 Å². The van der Waals surface area contributed by atoms with Crippen molar-refractivity contribution >= 4 is 18.0 Å². The van der Waals surface area contributed by atoms with E-state index in [9.17, 15) is 19.5 Å². The number of carbonyl (C=O) groups is 3. The number of carboxylic acids is 1. The minimum atomic E-state index is -1.02. The van der Waals surface area contributed by atoms with Crippen molar-refractivity contribution in [1.82, 2.24) is 10.6 Å². The lowest BCUT2D eigenvalue weighted by Gasteiger charge is -2.20. The number of aliphatic carboxylic acids is 1. The first-order valence-corrected chi connectivity index (χ1v) is 11.6. The summed E-state index contributed by atoms with van der Waals surface area (Å²) in [5.74, 6) is -1.05. The monoisotopic (exact) mass is 448 g/mol. The van der Waals surface area contributed by atoms with Crippen molar-refractivity contribution in [2.45, 2.75) is 50.6 Å². The fourth-order valence-electron chi connectivity index (χ4n) is 5.73. The molecule has 0 bridgehead atoms. The van der Waals surface area contributed by atoms with Crippen LogP contribution in [0, 0.1) is 11.3 Å². The number of hydrogen-bond donors (Lipinski definition) is 3. The fraction of sp³-hybridized carbons (Fsp3) is 0.423. The summed E-state index contributed by atoms with van der Waals surface area (Å²) in [4.78, 5) is 36.6. The van der Waals surface area contributed by atoms with Crippen molar-refractivity contribution in [1.29, 1.82) is 0 Å². The zero-order chi connectivity index (χ0) is 23.2. The largest absolute Gasteiger partial charge is 0.480 e. The summed E-state index contributed by atoms with van der Waals surface area (Å²) in [6.07, 6.45) is 1.84. The van der Waals surface area contributed by atoms with Crippen LogP contribution in [-0.2, 0) is 14.3 Å². The average Bonchev–Trinajstić information content (AvgIpc) is 3.24. The third-order valence-electron chi connectivity index (χ3n) is 7.54. The van der Waals surface area contributed by atoms with Crippen molar-refractivity contribution in [2.24, 2.45) is 11.3 Å². The van der Waals surface area contributed by atoms with Crippen LogP contribution in [0.5, 0.6) is 0 Å². The minimum absolute atomic E-state index is 0.000697. The molecule has 33 heavy (non-hydrogen) atoms. The number of carboxylic acid groups (broad SMARTS) is 1. The molecular weight excluding hydrogens is 420 g/mol. The number of rotatable bonds is 7. The number of alkyl carbamates (subject to hydrolysis) is 1. The average molecular weight is 449 g/mol. The van der Waals surface area contributed by atoms with Crippen LogP contribution in [0.3, 0.4) is 0 Å². The molecule has 172 valence electrons. The SMILES string of the molecule is CC[C@H](NC(=O)C12CC(NC(=O)OCC3c4ccccc4-c4ccccc43)CC1C2)C(=O)O. The smallest absolute Gasteiger partial charge is 0.407 e. The highest BCUT2D eigenvalue weighted by atomic mass is 16.5. The molecule has 7 heteroatoms. The molecule has 3 unspecified atom stereocenters. The van der Waals surface area contributed by atoms with Crippen LogP contribution >= 0.6 is 0 Å². The van der Waals surface area contributed by atoms with Crippen molar-refractivity contribution in [2.75, 3.05) is 6.61 Å². The Hall–Kier alpha value is -3.35. The Labute approximate surface area is 192 Å². The van der Waals surface area contributed by atoms with Gasteiger partial charge >= 0.3 is 12.1 Å². The molecule has 2 fully saturated rings. The van der Waals surface area contributed by atoms with Gasteiger partial charge in [0.05, 0.1) is 5.41 Å². The van der Waals surface area contributed by atoms with Gasteiger partial charge in [0.15, 0.2) is 0 Å². The van der Waals surface area contributed by atoms with Crippen LogP contribution in [0.15, 0.2) is 48.5 Å². The standard InChI is InChI=1S/C26H28N2O5/c1-2-22(23(29)30)28-24(31)26-12-15(26)11-16(13-26)27-25(32)33-14-21-19-9-5-3-7-17(19)18-8-4-6-10-20(18)21/h3-10,15-16,21-22H,2,11-14H2,1H3,(H,27,32)(H,28,31)(H,29,30)/t15?,16?,22-,26?/m0/s1.